The summed E-state index contributed by atoms with van der Waals surface area (Å²) in [6, 6.07) is 20.2. The molecule has 0 atom stereocenters. The third kappa shape index (κ3) is 4.32. The van der Waals surface area contributed by atoms with Gasteiger partial charge in [0.2, 0.25) is 5.95 Å². The van der Waals surface area contributed by atoms with E-state index in [1.807, 2.05) is 40.9 Å². The molecule has 3 heterocycles. The van der Waals surface area contributed by atoms with Crippen molar-refractivity contribution in [3.05, 3.63) is 96.1 Å². The van der Waals surface area contributed by atoms with Crippen LogP contribution in [0.4, 0.5) is 10.3 Å². The maximum Gasteiger partial charge on any atom is 0.223 e. The first-order valence-corrected chi connectivity index (χ1v) is 11.1. The van der Waals surface area contributed by atoms with Crippen LogP contribution in [0.5, 0.6) is 5.75 Å². The molecule has 6 nitrogen and oxygen atoms in total. The third-order valence-corrected chi connectivity index (χ3v) is 5.72. The zero-order valence-corrected chi connectivity index (χ0v) is 19.0. The Morgan fingerprint density at radius 2 is 1.74 bits per heavy atom. The summed E-state index contributed by atoms with van der Waals surface area (Å²) in [5, 5.41) is 3.29. The fourth-order valence-electron chi connectivity index (χ4n) is 3.86. The Hall–Kier alpha value is -4.26. The first kappa shape index (κ1) is 21.6. The minimum absolute atomic E-state index is 0.283. The molecule has 5 aromatic rings. The predicted octanol–water partition coefficient (Wildman–Crippen LogP) is 5.78. The molecule has 3 aromatic heterocycles. The molecule has 2 aromatic carbocycles. The van der Waals surface area contributed by atoms with E-state index in [1.165, 1.54) is 17.7 Å². The number of imidazole rings is 1. The minimum atomic E-state index is -0.283. The minimum Gasteiger partial charge on any atom is -0.497 e. The quantitative estimate of drug-likeness (QED) is 0.338. The van der Waals surface area contributed by atoms with Crippen LogP contribution in [0.25, 0.3) is 28.3 Å². The number of pyridine rings is 1. The molecule has 5 rings (SSSR count). The zero-order chi connectivity index (χ0) is 23.5. The van der Waals surface area contributed by atoms with E-state index in [2.05, 4.69) is 29.4 Å². The Kier molecular flexibility index (Phi) is 5.91. The van der Waals surface area contributed by atoms with E-state index >= 15 is 0 Å². The van der Waals surface area contributed by atoms with Crippen LogP contribution in [0.1, 0.15) is 18.1 Å². The number of ether oxygens (including phenoxy) is 1. The smallest absolute Gasteiger partial charge is 0.223 e. The van der Waals surface area contributed by atoms with Crippen LogP contribution >= 0.6 is 0 Å². The number of hydrogen-bond donors (Lipinski definition) is 1. The summed E-state index contributed by atoms with van der Waals surface area (Å²) in [4.78, 5) is 14.1. The molecule has 170 valence electrons. The topological polar surface area (TPSA) is 64.3 Å². The maximum atomic E-state index is 13.6. The van der Waals surface area contributed by atoms with Gasteiger partial charge in [0.15, 0.2) is 0 Å². The lowest BCUT2D eigenvalue weighted by atomic mass is 10.1. The third-order valence-electron chi connectivity index (χ3n) is 5.72. The summed E-state index contributed by atoms with van der Waals surface area (Å²) in [7, 11) is 1.65. The van der Waals surface area contributed by atoms with Gasteiger partial charge in [-0.15, -0.1) is 0 Å². The second kappa shape index (κ2) is 9.31. The molecule has 34 heavy (non-hydrogen) atoms. The number of aryl methyl sites for hydroxylation is 1. The number of fused-ring (bicyclic) bond motifs is 1. The van der Waals surface area contributed by atoms with Crippen LogP contribution < -0.4 is 10.1 Å². The molecule has 0 fully saturated rings. The second-order valence-corrected chi connectivity index (χ2v) is 7.90. The molecule has 0 aliphatic carbocycles. The molecule has 0 saturated carbocycles. The lowest BCUT2D eigenvalue weighted by Gasteiger charge is -2.09. The number of benzene rings is 2. The van der Waals surface area contributed by atoms with Gasteiger partial charge in [0.25, 0.3) is 0 Å². The van der Waals surface area contributed by atoms with Crippen molar-refractivity contribution in [2.45, 2.75) is 19.9 Å². The van der Waals surface area contributed by atoms with E-state index in [-0.39, 0.29) is 5.82 Å². The Bertz CT molecular complexity index is 1430. The van der Waals surface area contributed by atoms with Gasteiger partial charge in [-0.2, -0.15) is 0 Å². The van der Waals surface area contributed by atoms with Gasteiger partial charge in [0, 0.05) is 24.5 Å². The standard InChI is InChI=1S/C27H24FN5O/c1-3-18-13-15-33-24(16-18)32-25(20-6-8-21(28)9-7-20)26(33)23-12-14-29-27(31-23)30-17-19-4-10-22(34-2)11-5-19/h4-16H,3,17H2,1-2H3,(H,29,30,31). The maximum absolute atomic E-state index is 13.6. The van der Waals surface area contributed by atoms with Crippen LogP contribution in [-0.2, 0) is 13.0 Å². The average molecular weight is 454 g/mol. The molecule has 0 unspecified atom stereocenters. The van der Waals surface area contributed by atoms with Gasteiger partial charge in [-0.25, -0.2) is 19.3 Å². The van der Waals surface area contributed by atoms with Crippen LogP contribution in [0.15, 0.2) is 79.1 Å². The van der Waals surface area contributed by atoms with Crippen molar-refractivity contribution in [1.82, 2.24) is 19.4 Å². The van der Waals surface area contributed by atoms with Crippen molar-refractivity contribution in [2.24, 2.45) is 0 Å². The first-order chi connectivity index (χ1) is 16.6. The van der Waals surface area contributed by atoms with Crippen molar-refractivity contribution in [3.8, 4) is 28.4 Å². The van der Waals surface area contributed by atoms with Gasteiger partial charge in [0.05, 0.1) is 24.2 Å². The first-order valence-electron chi connectivity index (χ1n) is 11.1. The molecule has 0 bridgehead atoms. The second-order valence-electron chi connectivity index (χ2n) is 7.90. The highest BCUT2D eigenvalue weighted by molar-refractivity contribution is 5.80. The largest absolute Gasteiger partial charge is 0.497 e. The van der Waals surface area contributed by atoms with Crippen LogP contribution in [0, 0.1) is 5.82 Å². The number of nitrogens with zero attached hydrogens (tertiary/aromatic N) is 4. The highest BCUT2D eigenvalue weighted by Crippen LogP contribution is 2.32. The van der Waals surface area contributed by atoms with Gasteiger partial charge in [-0.05, 0) is 72.1 Å². The number of hydrogen-bond acceptors (Lipinski definition) is 5. The Balaban J connectivity index is 1.53. The van der Waals surface area contributed by atoms with Gasteiger partial charge in [-0.3, -0.25) is 4.40 Å². The SMILES string of the molecule is CCc1ccn2c(-c3ccnc(NCc4ccc(OC)cc4)n3)c(-c3ccc(F)cc3)nc2c1. The van der Waals surface area contributed by atoms with Crippen LogP contribution in [0.2, 0.25) is 0 Å². The lowest BCUT2D eigenvalue weighted by molar-refractivity contribution is 0.414. The monoisotopic (exact) mass is 453 g/mol. The van der Waals surface area contributed by atoms with E-state index in [0.717, 1.165) is 46.0 Å². The van der Waals surface area contributed by atoms with Gasteiger partial charge < -0.3 is 10.1 Å². The van der Waals surface area contributed by atoms with Crippen molar-refractivity contribution in [1.29, 1.82) is 0 Å². The molecular formula is C27H24FN5O. The Morgan fingerprint density at radius 3 is 2.47 bits per heavy atom. The predicted molar refractivity (Wildman–Crippen MR) is 131 cm³/mol. The molecule has 0 saturated heterocycles. The normalized spacial score (nSPS) is 11.0. The summed E-state index contributed by atoms with van der Waals surface area (Å²) in [6.45, 7) is 2.69. The summed E-state index contributed by atoms with van der Waals surface area (Å²) < 4.78 is 20.8. The molecule has 1 N–H and O–H groups in total. The van der Waals surface area contributed by atoms with Crippen molar-refractivity contribution in [2.75, 3.05) is 12.4 Å². The average Bonchev–Trinajstić information content (AvgIpc) is 3.27. The van der Waals surface area contributed by atoms with Crippen molar-refractivity contribution >= 4 is 11.6 Å². The summed E-state index contributed by atoms with van der Waals surface area (Å²) in [5.74, 6) is 1.04. The molecule has 0 aliphatic heterocycles. The lowest BCUT2D eigenvalue weighted by Crippen LogP contribution is -2.04. The Morgan fingerprint density at radius 1 is 0.941 bits per heavy atom. The van der Waals surface area contributed by atoms with E-state index in [4.69, 9.17) is 14.7 Å². The number of anilines is 1. The fourth-order valence-corrected chi connectivity index (χ4v) is 3.86. The van der Waals surface area contributed by atoms with E-state index in [9.17, 15) is 4.39 Å². The van der Waals surface area contributed by atoms with Crippen molar-refractivity contribution in [3.63, 3.8) is 0 Å². The van der Waals surface area contributed by atoms with E-state index in [1.54, 1.807) is 25.4 Å². The molecule has 0 radical (unpaired) electrons. The highest BCUT2D eigenvalue weighted by Gasteiger charge is 2.18. The molecular weight excluding hydrogens is 429 g/mol. The highest BCUT2D eigenvalue weighted by atomic mass is 19.1. The summed E-state index contributed by atoms with van der Waals surface area (Å²) in [5.41, 5.74) is 6.22. The summed E-state index contributed by atoms with van der Waals surface area (Å²) in [6.07, 6.45) is 4.65. The number of methoxy groups -OCH3 is 1. The number of aromatic nitrogens is 4. The fraction of sp³-hybridized carbons (Fsp3) is 0.148. The van der Waals surface area contributed by atoms with Gasteiger partial charge in [-0.1, -0.05) is 19.1 Å². The molecule has 7 heteroatoms. The van der Waals surface area contributed by atoms with E-state index < -0.39 is 0 Å². The van der Waals surface area contributed by atoms with Crippen LogP contribution in [0.3, 0.4) is 0 Å². The number of rotatable bonds is 7. The zero-order valence-electron chi connectivity index (χ0n) is 19.0. The molecule has 0 spiro atoms. The van der Waals surface area contributed by atoms with Gasteiger partial charge in [0.1, 0.15) is 17.2 Å². The van der Waals surface area contributed by atoms with E-state index in [0.29, 0.717) is 12.5 Å². The summed E-state index contributed by atoms with van der Waals surface area (Å²) >= 11 is 0. The van der Waals surface area contributed by atoms with Crippen molar-refractivity contribution < 1.29 is 9.13 Å². The van der Waals surface area contributed by atoms with Gasteiger partial charge >= 0.3 is 0 Å². The molecule has 0 aliphatic rings. The Labute approximate surface area is 197 Å². The van der Waals surface area contributed by atoms with Crippen LogP contribution in [-0.4, -0.2) is 26.5 Å². The number of nitrogens with one attached hydrogen (secondary N) is 1. The molecule has 0 amide bonds. The number of halogens is 1.